The molecule has 0 saturated heterocycles. The standard InChI is InChI=1S/C21H7N5O7/c22-8-10-1-2-11(9-23)14(5-10)19-17(26(32)33)7-16(25(30)31)18-13-4-3-12(24(28)29)6-15(13)21(27)20(18)19/h1-7H. The molecule has 0 heterocycles. The zero-order valence-corrected chi connectivity index (χ0v) is 16.1. The van der Waals surface area contributed by atoms with Gasteiger partial charge in [-0.1, -0.05) is 0 Å². The lowest BCUT2D eigenvalue weighted by atomic mass is 9.89. The Morgan fingerprint density at radius 2 is 1.30 bits per heavy atom. The molecule has 4 rings (SSSR count). The molecule has 0 fully saturated rings. The van der Waals surface area contributed by atoms with Gasteiger partial charge in [0.1, 0.15) is 0 Å². The van der Waals surface area contributed by atoms with Gasteiger partial charge in [0.15, 0.2) is 5.78 Å². The molecule has 0 amide bonds. The van der Waals surface area contributed by atoms with Crippen LogP contribution in [-0.2, 0) is 0 Å². The Morgan fingerprint density at radius 3 is 1.85 bits per heavy atom. The number of nitriles is 2. The number of hydrogen-bond acceptors (Lipinski definition) is 9. The number of benzene rings is 3. The van der Waals surface area contributed by atoms with Gasteiger partial charge in [-0.25, -0.2) is 0 Å². The Bertz CT molecular complexity index is 1550. The van der Waals surface area contributed by atoms with Gasteiger partial charge in [0.2, 0.25) is 0 Å². The number of fused-ring (bicyclic) bond motifs is 3. The minimum Gasteiger partial charge on any atom is -0.289 e. The van der Waals surface area contributed by atoms with E-state index in [2.05, 4.69) is 0 Å². The molecule has 0 spiro atoms. The van der Waals surface area contributed by atoms with Crippen LogP contribution in [0.3, 0.4) is 0 Å². The van der Waals surface area contributed by atoms with E-state index >= 15 is 0 Å². The molecule has 33 heavy (non-hydrogen) atoms. The summed E-state index contributed by atoms with van der Waals surface area (Å²) in [6, 6.07) is 11.2. The maximum absolute atomic E-state index is 13.3. The summed E-state index contributed by atoms with van der Waals surface area (Å²) in [5, 5.41) is 53.6. The fraction of sp³-hybridized carbons (Fsp3) is 0. The second-order valence-corrected chi connectivity index (χ2v) is 6.85. The number of nitro groups is 3. The second kappa shape index (κ2) is 7.33. The van der Waals surface area contributed by atoms with Gasteiger partial charge in [0.25, 0.3) is 17.1 Å². The number of rotatable bonds is 4. The molecule has 0 atom stereocenters. The molecule has 158 valence electrons. The normalized spacial score (nSPS) is 11.2. The van der Waals surface area contributed by atoms with Crippen molar-refractivity contribution in [2.45, 2.75) is 0 Å². The van der Waals surface area contributed by atoms with E-state index < -0.39 is 43.2 Å². The first kappa shape index (κ1) is 20.8. The van der Waals surface area contributed by atoms with E-state index in [1.54, 1.807) is 0 Å². The highest BCUT2D eigenvalue weighted by molar-refractivity contribution is 6.27. The Labute approximate surface area is 183 Å². The topological polar surface area (TPSA) is 194 Å². The highest BCUT2D eigenvalue weighted by atomic mass is 16.6. The lowest BCUT2D eigenvalue weighted by Gasteiger charge is -2.11. The molecule has 3 aromatic rings. The van der Waals surface area contributed by atoms with E-state index in [0.717, 1.165) is 18.2 Å². The molecule has 0 unspecified atom stereocenters. The number of carbonyl (C=O) groups excluding carboxylic acids is 1. The molecule has 3 aromatic carbocycles. The molecule has 0 aliphatic heterocycles. The van der Waals surface area contributed by atoms with Gasteiger partial charge in [0.05, 0.1) is 60.8 Å². The largest absolute Gasteiger partial charge is 0.289 e. The van der Waals surface area contributed by atoms with E-state index in [1.807, 2.05) is 12.1 Å². The summed E-state index contributed by atoms with van der Waals surface area (Å²) in [6.07, 6.45) is 0. The number of non-ortho nitro benzene ring substituents is 1. The monoisotopic (exact) mass is 441 g/mol. The van der Waals surface area contributed by atoms with Crippen molar-refractivity contribution < 1.29 is 19.6 Å². The fourth-order valence-electron chi connectivity index (χ4n) is 3.82. The maximum atomic E-state index is 13.3. The molecule has 12 nitrogen and oxygen atoms in total. The lowest BCUT2D eigenvalue weighted by Crippen LogP contribution is -2.05. The minimum atomic E-state index is -0.929. The van der Waals surface area contributed by atoms with Crippen molar-refractivity contribution in [1.29, 1.82) is 10.5 Å². The van der Waals surface area contributed by atoms with Crippen molar-refractivity contribution in [3.05, 3.63) is 95.1 Å². The van der Waals surface area contributed by atoms with Gasteiger partial charge in [-0.05, 0) is 24.3 Å². The molecular formula is C21H7N5O7. The van der Waals surface area contributed by atoms with Crippen molar-refractivity contribution in [3.63, 3.8) is 0 Å². The van der Waals surface area contributed by atoms with Crippen LogP contribution in [0.1, 0.15) is 27.0 Å². The molecule has 12 heteroatoms. The highest BCUT2D eigenvalue weighted by Crippen LogP contribution is 2.51. The summed E-state index contributed by atoms with van der Waals surface area (Å²) in [4.78, 5) is 45.6. The summed E-state index contributed by atoms with van der Waals surface area (Å²) >= 11 is 0. The Balaban J connectivity index is 2.21. The number of hydrogen-bond donors (Lipinski definition) is 0. The summed E-state index contributed by atoms with van der Waals surface area (Å²) in [6.45, 7) is 0. The molecule has 1 aliphatic rings. The minimum absolute atomic E-state index is 0.00149. The molecular weight excluding hydrogens is 434 g/mol. The third kappa shape index (κ3) is 3.03. The van der Waals surface area contributed by atoms with E-state index in [-0.39, 0.29) is 38.9 Å². The van der Waals surface area contributed by atoms with Crippen LogP contribution in [0.25, 0.3) is 22.3 Å². The van der Waals surface area contributed by atoms with Crippen molar-refractivity contribution in [1.82, 2.24) is 0 Å². The smallest absolute Gasteiger partial charge is 0.284 e. The average Bonchev–Trinajstić information content (AvgIpc) is 3.09. The third-order valence-corrected chi connectivity index (χ3v) is 5.17. The van der Waals surface area contributed by atoms with Crippen LogP contribution in [0.2, 0.25) is 0 Å². The molecule has 0 aromatic heterocycles. The van der Waals surface area contributed by atoms with Gasteiger partial charge in [-0.3, -0.25) is 35.1 Å². The molecule has 1 aliphatic carbocycles. The highest BCUT2D eigenvalue weighted by Gasteiger charge is 2.41. The van der Waals surface area contributed by atoms with Gasteiger partial charge in [0, 0.05) is 28.8 Å². The molecule has 0 N–H and O–H groups in total. The first-order valence-corrected chi connectivity index (χ1v) is 8.97. The first-order chi connectivity index (χ1) is 15.7. The van der Waals surface area contributed by atoms with E-state index in [0.29, 0.717) is 6.07 Å². The van der Waals surface area contributed by atoms with Crippen molar-refractivity contribution >= 4 is 22.8 Å². The second-order valence-electron chi connectivity index (χ2n) is 6.85. The zero-order valence-electron chi connectivity index (χ0n) is 16.1. The van der Waals surface area contributed by atoms with E-state index in [4.69, 9.17) is 0 Å². The maximum Gasteiger partial charge on any atom is 0.284 e. The predicted molar refractivity (Wildman–Crippen MR) is 110 cm³/mol. The van der Waals surface area contributed by atoms with Gasteiger partial charge in [-0.2, -0.15) is 10.5 Å². The Morgan fingerprint density at radius 1 is 0.667 bits per heavy atom. The van der Waals surface area contributed by atoms with Crippen molar-refractivity contribution in [2.24, 2.45) is 0 Å². The van der Waals surface area contributed by atoms with Crippen LogP contribution in [0, 0.1) is 53.0 Å². The first-order valence-electron chi connectivity index (χ1n) is 8.97. The van der Waals surface area contributed by atoms with Crippen LogP contribution >= 0.6 is 0 Å². The number of carbonyl (C=O) groups is 1. The quantitative estimate of drug-likeness (QED) is 0.332. The Kier molecular flexibility index (Phi) is 4.61. The van der Waals surface area contributed by atoms with Crippen LogP contribution in [0.4, 0.5) is 17.1 Å². The van der Waals surface area contributed by atoms with Crippen molar-refractivity contribution in [2.75, 3.05) is 0 Å². The number of nitrogens with zero attached hydrogens (tertiary/aromatic N) is 5. The number of nitro benzene ring substituents is 3. The molecule has 0 saturated carbocycles. The van der Waals surface area contributed by atoms with Crippen LogP contribution in [0.5, 0.6) is 0 Å². The fourth-order valence-corrected chi connectivity index (χ4v) is 3.82. The van der Waals surface area contributed by atoms with Gasteiger partial charge < -0.3 is 0 Å². The summed E-state index contributed by atoms with van der Waals surface area (Å²) in [5.74, 6) is -0.906. The summed E-state index contributed by atoms with van der Waals surface area (Å²) in [7, 11) is 0. The average molecular weight is 441 g/mol. The lowest BCUT2D eigenvalue weighted by molar-refractivity contribution is -0.393. The van der Waals surface area contributed by atoms with Gasteiger partial charge in [-0.15, -0.1) is 0 Å². The van der Waals surface area contributed by atoms with Crippen molar-refractivity contribution in [3.8, 4) is 34.4 Å². The Hall–Kier alpha value is -5.49. The SMILES string of the molecule is N#Cc1ccc(C#N)c(-c2c([N+](=O)[O-])cc([N+](=O)[O-])c3c2C(=O)c2cc([N+](=O)[O-])ccc2-3)c1. The van der Waals surface area contributed by atoms with E-state index in [1.165, 1.54) is 18.2 Å². The van der Waals surface area contributed by atoms with E-state index in [9.17, 15) is 45.7 Å². The zero-order chi connectivity index (χ0) is 24.0. The third-order valence-electron chi connectivity index (χ3n) is 5.17. The van der Waals surface area contributed by atoms with Gasteiger partial charge >= 0.3 is 0 Å². The number of ketones is 1. The molecule has 0 radical (unpaired) electrons. The van der Waals surface area contributed by atoms with Crippen LogP contribution < -0.4 is 0 Å². The summed E-state index contributed by atoms with van der Waals surface area (Å²) in [5.41, 5.74) is -3.51. The predicted octanol–water partition coefficient (Wildman–Crippen LogP) is 4.03. The van der Waals surface area contributed by atoms with Crippen LogP contribution in [-0.4, -0.2) is 20.6 Å². The van der Waals surface area contributed by atoms with Crippen LogP contribution in [0.15, 0.2) is 42.5 Å². The molecule has 0 bridgehead atoms. The summed E-state index contributed by atoms with van der Waals surface area (Å²) < 4.78 is 0.